The fourth-order valence-corrected chi connectivity index (χ4v) is 4.13. The summed E-state index contributed by atoms with van der Waals surface area (Å²) in [5.41, 5.74) is 9.38. The predicted molar refractivity (Wildman–Crippen MR) is 136 cm³/mol. The average molecular weight is 458 g/mol. The van der Waals surface area contributed by atoms with Gasteiger partial charge in [-0.05, 0) is 88.6 Å². The first-order valence-corrected chi connectivity index (χ1v) is 12.1. The van der Waals surface area contributed by atoms with Crippen LogP contribution in [0.15, 0.2) is 47.7 Å². The van der Waals surface area contributed by atoms with Crippen LogP contribution in [0.25, 0.3) is 0 Å². The van der Waals surface area contributed by atoms with Crippen molar-refractivity contribution in [1.29, 1.82) is 0 Å². The van der Waals surface area contributed by atoms with Crippen molar-refractivity contribution in [3.63, 3.8) is 0 Å². The quantitative estimate of drug-likeness (QED) is 0.182. The molecule has 6 nitrogen and oxygen atoms in total. The lowest BCUT2D eigenvalue weighted by Gasteiger charge is -2.32. The third-order valence-corrected chi connectivity index (χ3v) is 5.59. The Morgan fingerprint density at radius 1 is 1.36 bits per heavy atom. The molecule has 0 aliphatic carbocycles. The molecule has 0 amide bonds. The van der Waals surface area contributed by atoms with E-state index in [0.29, 0.717) is 18.2 Å². The Morgan fingerprint density at radius 2 is 2.09 bits per heavy atom. The van der Waals surface area contributed by atoms with E-state index in [0.717, 1.165) is 45.4 Å². The van der Waals surface area contributed by atoms with Gasteiger partial charge in [0.15, 0.2) is 0 Å². The smallest absolute Gasteiger partial charge is 0.122 e. The molecule has 33 heavy (non-hydrogen) atoms. The first kappa shape index (κ1) is 27.3. The third kappa shape index (κ3) is 10.2. The van der Waals surface area contributed by atoms with Gasteiger partial charge in [0.2, 0.25) is 0 Å². The molecule has 0 radical (unpaired) electrons. The van der Waals surface area contributed by atoms with E-state index in [1.54, 1.807) is 19.1 Å². The lowest BCUT2D eigenvalue weighted by molar-refractivity contribution is -0.0666. The maximum Gasteiger partial charge on any atom is 0.122 e. The van der Waals surface area contributed by atoms with E-state index in [-0.39, 0.29) is 11.7 Å². The van der Waals surface area contributed by atoms with Gasteiger partial charge in [-0.15, -0.1) is 0 Å². The van der Waals surface area contributed by atoms with Crippen LogP contribution in [0, 0.1) is 0 Å². The van der Waals surface area contributed by atoms with Gasteiger partial charge in [0.25, 0.3) is 0 Å². The maximum atomic E-state index is 9.54. The van der Waals surface area contributed by atoms with Crippen LogP contribution in [0.2, 0.25) is 0 Å². The molecule has 1 aromatic carbocycles. The summed E-state index contributed by atoms with van der Waals surface area (Å²) in [5.74, 6) is 0.924. The number of aliphatic imine (C=N–C) groups is 1. The number of aliphatic hydroxyl groups excluding tert-OH is 1. The summed E-state index contributed by atoms with van der Waals surface area (Å²) < 4.78 is 12.2. The molecule has 0 spiro atoms. The molecule has 2 unspecified atom stereocenters. The highest BCUT2D eigenvalue weighted by Crippen LogP contribution is 2.37. The highest BCUT2D eigenvalue weighted by molar-refractivity contribution is 5.63. The van der Waals surface area contributed by atoms with Crippen LogP contribution in [-0.4, -0.2) is 42.9 Å². The molecule has 0 aromatic heterocycles. The van der Waals surface area contributed by atoms with Gasteiger partial charge in [0, 0.05) is 25.8 Å². The second-order valence-corrected chi connectivity index (χ2v) is 9.68. The molecule has 2 atom stereocenters. The van der Waals surface area contributed by atoms with Crippen molar-refractivity contribution in [1.82, 2.24) is 5.32 Å². The van der Waals surface area contributed by atoms with Crippen molar-refractivity contribution in [2.75, 3.05) is 19.8 Å². The van der Waals surface area contributed by atoms with Crippen LogP contribution >= 0.6 is 0 Å². The second-order valence-electron chi connectivity index (χ2n) is 9.68. The minimum absolute atomic E-state index is 0.0266. The van der Waals surface area contributed by atoms with E-state index in [4.69, 9.17) is 15.2 Å². The van der Waals surface area contributed by atoms with Gasteiger partial charge < -0.3 is 20.3 Å². The molecular formula is C27H43N3O3. The monoisotopic (exact) mass is 457 g/mol. The third-order valence-electron chi connectivity index (χ3n) is 5.59. The summed E-state index contributed by atoms with van der Waals surface area (Å²) in [4.78, 5) is 4.30. The molecule has 1 saturated heterocycles. The van der Waals surface area contributed by atoms with Crippen molar-refractivity contribution < 1.29 is 14.6 Å². The lowest BCUT2D eigenvalue weighted by atomic mass is 9.84. The van der Waals surface area contributed by atoms with E-state index < -0.39 is 6.23 Å². The number of nitrogens with zero attached hydrogens (tertiary/aromatic N) is 1. The van der Waals surface area contributed by atoms with Crippen LogP contribution in [0.4, 0.5) is 0 Å². The zero-order valence-electron chi connectivity index (χ0n) is 20.8. The minimum Gasteiger partial charge on any atom is -0.384 e. The molecule has 4 N–H and O–H groups in total. The maximum absolute atomic E-state index is 9.54. The molecule has 1 aromatic rings. The molecule has 1 fully saturated rings. The van der Waals surface area contributed by atoms with Crippen LogP contribution in [0.1, 0.15) is 82.1 Å². The number of ether oxygens (including phenoxy) is 2. The number of benzene rings is 1. The number of aliphatic hydroxyl groups is 1. The van der Waals surface area contributed by atoms with Gasteiger partial charge in [-0.1, -0.05) is 30.9 Å². The molecule has 2 rings (SSSR count). The van der Waals surface area contributed by atoms with Crippen molar-refractivity contribution >= 4 is 6.21 Å². The van der Waals surface area contributed by atoms with Crippen LogP contribution in [0.5, 0.6) is 0 Å². The van der Waals surface area contributed by atoms with Gasteiger partial charge in [-0.2, -0.15) is 0 Å². The van der Waals surface area contributed by atoms with Crippen LogP contribution in [0.3, 0.4) is 0 Å². The first-order valence-electron chi connectivity index (χ1n) is 12.1. The number of nitrogens with one attached hydrogen (secondary N) is 1. The molecule has 0 bridgehead atoms. The number of rotatable bonds is 12. The van der Waals surface area contributed by atoms with Gasteiger partial charge in [-0.25, -0.2) is 4.99 Å². The lowest BCUT2D eigenvalue weighted by Crippen LogP contribution is -2.28. The Labute approximate surface area is 200 Å². The summed E-state index contributed by atoms with van der Waals surface area (Å²) in [6.45, 7) is 14.1. The largest absolute Gasteiger partial charge is 0.384 e. The number of nitrogens with two attached hydrogens (primary N) is 1. The number of hydrogen-bond donors (Lipinski definition) is 3. The van der Waals surface area contributed by atoms with E-state index >= 15 is 0 Å². The molecule has 1 aliphatic heterocycles. The summed E-state index contributed by atoms with van der Waals surface area (Å²) in [7, 11) is 0. The van der Waals surface area contributed by atoms with Gasteiger partial charge in [0.1, 0.15) is 12.0 Å². The van der Waals surface area contributed by atoms with Crippen molar-refractivity contribution in [2.24, 2.45) is 10.7 Å². The normalized spacial score (nSPS) is 17.9. The Morgan fingerprint density at radius 3 is 2.73 bits per heavy atom. The molecule has 0 saturated carbocycles. The highest BCUT2D eigenvalue weighted by Gasteiger charge is 2.26. The second kappa shape index (κ2) is 13.7. The van der Waals surface area contributed by atoms with E-state index in [1.165, 1.54) is 16.7 Å². The fourth-order valence-electron chi connectivity index (χ4n) is 4.13. The fraction of sp³-hybridized carbons (Fsp3) is 0.593. The molecule has 184 valence electrons. The Balaban J connectivity index is 2.33. The van der Waals surface area contributed by atoms with E-state index in [1.807, 2.05) is 6.21 Å². The number of allylic oxidation sites excluding steroid dienone is 2. The summed E-state index contributed by atoms with van der Waals surface area (Å²) >= 11 is 0. The van der Waals surface area contributed by atoms with Gasteiger partial charge in [-0.3, -0.25) is 5.32 Å². The van der Waals surface area contributed by atoms with E-state index in [9.17, 15) is 5.11 Å². The van der Waals surface area contributed by atoms with Crippen molar-refractivity contribution in [3.8, 4) is 0 Å². The van der Waals surface area contributed by atoms with Crippen LogP contribution < -0.4 is 11.1 Å². The zero-order chi connectivity index (χ0) is 24.3. The first-order chi connectivity index (χ1) is 15.7. The van der Waals surface area contributed by atoms with Crippen molar-refractivity contribution in [3.05, 3.63) is 59.4 Å². The minimum atomic E-state index is -0.505. The average Bonchev–Trinajstić information content (AvgIpc) is 2.75. The van der Waals surface area contributed by atoms with Gasteiger partial charge in [0.05, 0.1) is 11.7 Å². The Kier molecular flexibility index (Phi) is 11.3. The summed E-state index contributed by atoms with van der Waals surface area (Å²) in [6, 6.07) is 6.74. The Hall–Kier alpha value is -1.99. The van der Waals surface area contributed by atoms with Gasteiger partial charge >= 0.3 is 0 Å². The molecule has 6 heteroatoms. The predicted octanol–water partition coefficient (Wildman–Crippen LogP) is 4.74. The number of hydrogen-bond acceptors (Lipinski definition) is 6. The van der Waals surface area contributed by atoms with Crippen molar-refractivity contribution in [2.45, 2.75) is 83.6 Å². The molecule has 1 heterocycles. The van der Waals surface area contributed by atoms with E-state index in [2.05, 4.69) is 55.9 Å². The molecular weight excluding hydrogens is 414 g/mol. The summed E-state index contributed by atoms with van der Waals surface area (Å²) in [6.07, 6.45) is 9.17. The Bertz CT molecular complexity index is 790. The molecule has 1 aliphatic rings. The summed E-state index contributed by atoms with van der Waals surface area (Å²) in [5, 5.41) is 12.6. The highest BCUT2D eigenvalue weighted by atomic mass is 16.5. The standard InChI is InChI=1S/C27H43N3O3/c1-6-8-26(28)30-16-12-21-10-11-23(22-13-17-32-18-14-22)24(19-21)25(33-27(3,4)5)9-7-15-29-20(2)31/h6,8,10-11,16,19-20,22,25,29,31H,1,7,9,12-15,17-18,28H2,2-5H3/b26-8-,30-16-. The topological polar surface area (TPSA) is 89.1 Å². The van der Waals surface area contributed by atoms with Crippen LogP contribution in [-0.2, 0) is 15.9 Å². The zero-order valence-corrected chi connectivity index (χ0v) is 20.8. The SMILES string of the molecule is C=C/C=C(N)\N=C/Cc1ccc(C2CCOCC2)c(C(CCCNC(C)O)OC(C)(C)C)c1.